The van der Waals surface area contributed by atoms with Gasteiger partial charge in [0.15, 0.2) is 12.9 Å². The number of nitrogens with zero attached hydrogens (tertiary/aromatic N) is 2. The first kappa shape index (κ1) is 17.4. The van der Waals surface area contributed by atoms with Crippen LogP contribution in [0.25, 0.3) is 0 Å². The molecule has 1 aromatic rings. The van der Waals surface area contributed by atoms with Crippen molar-refractivity contribution in [2.75, 3.05) is 13.2 Å². The summed E-state index contributed by atoms with van der Waals surface area (Å²) in [5.74, 6) is 0.717. The number of hydrogen-bond acceptors (Lipinski definition) is 5. The van der Waals surface area contributed by atoms with Gasteiger partial charge in [-0.3, -0.25) is 19.7 Å². The van der Waals surface area contributed by atoms with Gasteiger partial charge >= 0.3 is 0 Å². The molecule has 3 rings (SSSR count). The second-order valence-corrected chi connectivity index (χ2v) is 6.73. The normalized spacial score (nSPS) is 22.8. The van der Waals surface area contributed by atoms with E-state index in [1.54, 1.807) is 0 Å². The number of ether oxygens (including phenoxy) is 1. The minimum absolute atomic E-state index is 0.0770. The summed E-state index contributed by atoms with van der Waals surface area (Å²) in [5.41, 5.74) is -0.0990. The van der Waals surface area contributed by atoms with Gasteiger partial charge in [0.1, 0.15) is 5.75 Å². The van der Waals surface area contributed by atoms with Crippen molar-refractivity contribution in [1.29, 1.82) is 0 Å². The van der Waals surface area contributed by atoms with Gasteiger partial charge in [0.05, 0.1) is 10.5 Å². The molecule has 2 fully saturated rings. The van der Waals surface area contributed by atoms with Crippen LogP contribution in [0.1, 0.15) is 48.9 Å². The second-order valence-electron chi connectivity index (χ2n) is 6.73. The molecule has 1 amide bonds. The topological polar surface area (TPSA) is 89.7 Å². The Bertz CT molecular complexity index is 673. The van der Waals surface area contributed by atoms with Gasteiger partial charge in [0.25, 0.3) is 11.6 Å². The van der Waals surface area contributed by atoms with Crippen LogP contribution in [-0.4, -0.2) is 41.2 Å². The van der Waals surface area contributed by atoms with Crippen molar-refractivity contribution in [1.82, 2.24) is 4.90 Å². The average Bonchev–Trinajstić information content (AvgIpc) is 2.65. The third kappa shape index (κ3) is 3.81. The fourth-order valence-corrected chi connectivity index (χ4v) is 4.03. The molecule has 1 aliphatic heterocycles. The number of benzene rings is 1. The number of aldehydes is 1. The Hall–Kier alpha value is -2.44. The fourth-order valence-electron chi connectivity index (χ4n) is 4.03. The van der Waals surface area contributed by atoms with Crippen LogP contribution in [0.3, 0.4) is 0 Å². The Labute approximate surface area is 146 Å². The molecule has 0 radical (unpaired) electrons. The van der Waals surface area contributed by atoms with Crippen molar-refractivity contribution in [3.05, 3.63) is 33.9 Å². The summed E-state index contributed by atoms with van der Waals surface area (Å²) in [4.78, 5) is 35.9. The molecular weight excluding hydrogens is 324 g/mol. The smallest absolute Gasteiger partial charge is 0.270 e. The number of rotatable bonds is 5. The van der Waals surface area contributed by atoms with E-state index in [4.69, 9.17) is 4.74 Å². The Morgan fingerprint density at radius 1 is 1.28 bits per heavy atom. The minimum atomic E-state index is -0.571. The molecule has 134 valence electrons. The van der Waals surface area contributed by atoms with Crippen LogP contribution in [0, 0.1) is 16.0 Å². The molecule has 7 heteroatoms. The monoisotopic (exact) mass is 346 g/mol. The van der Waals surface area contributed by atoms with Crippen LogP contribution in [0.4, 0.5) is 5.69 Å². The maximum atomic E-state index is 12.6. The van der Waals surface area contributed by atoms with Crippen molar-refractivity contribution >= 4 is 17.9 Å². The lowest BCUT2D eigenvalue weighted by Gasteiger charge is -2.44. The molecule has 1 aromatic carbocycles. The number of nitro benzene ring substituents is 1. The van der Waals surface area contributed by atoms with Gasteiger partial charge in [-0.1, -0.05) is 12.8 Å². The molecule has 0 aromatic heterocycles. The van der Waals surface area contributed by atoms with Crippen molar-refractivity contribution in [2.45, 2.75) is 44.6 Å². The molecule has 25 heavy (non-hydrogen) atoms. The summed E-state index contributed by atoms with van der Waals surface area (Å²) in [6, 6.07) is 4.10. The number of piperidine rings is 1. The molecule has 1 aliphatic carbocycles. The number of amides is 1. The number of nitro groups is 1. The molecule has 2 atom stereocenters. The van der Waals surface area contributed by atoms with Crippen LogP contribution in [-0.2, 0) is 4.79 Å². The number of fused-ring (bicyclic) bond motifs is 1. The van der Waals surface area contributed by atoms with Crippen molar-refractivity contribution in [3.8, 4) is 5.75 Å². The predicted octanol–water partition coefficient (Wildman–Crippen LogP) is 2.97. The Balaban J connectivity index is 1.65. The van der Waals surface area contributed by atoms with Crippen LogP contribution in [0.15, 0.2) is 18.2 Å². The summed E-state index contributed by atoms with van der Waals surface area (Å²) in [6.07, 6.45) is 7.34. The van der Waals surface area contributed by atoms with E-state index in [1.165, 1.54) is 31.4 Å². The summed E-state index contributed by atoms with van der Waals surface area (Å²) in [6.45, 7) is 0.603. The van der Waals surface area contributed by atoms with Gasteiger partial charge in [-0.25, -0.2) is 0 Å². The number of carbonyl (C=O) groups excluding carboxylic acids is 2. The first-order valence-corrected chi connectivity index (χ1v) is 8.76. The minimum Gasteiger partial charge on any atom is -0.483 e. The first-order valence-electron chi connectivity index (χ1n) is 8.76. The standard InChI is InChI=1S/C18H22N2O5/c21-11-14-10-15(20(23)24)7-8-17(14)25-12-18(22)19-9-3-5-13-4-1-2-6-16(13)19/h7-8,10-11,13,16H,1-6,9,12H2/t13-,16+/m1/s1. The third-order valence-electron chi connectivity index (χ3n) is 5.25. The highest BCUT2D eigenvalue weighted by Crippen LogP contribution is 2.35. The summed E-state index contributed by atoms with van der Waals surface area (Å²) >= 11 is 0. The fraction of sp³-hybridized carbons (Fsp3) is 0.556. The highest BCUT2D eigenvalue weighted by Gasteiger charge is 2.35. The Kier molecular flexibility index (Phi) is 5.31. The van der Waals surface area contributed by atoms with E-state index in [-0.39, 0.29) is 29.5 Å². The molecule has 1 saturated heterocycles. The van der Waals surface area contributed by atoms with Crippen LogP contribution < -0.4 is 4.74 Å². The predicted molar refractivity (Wildman–Crippen MR) is 90.7 cm³/mol. The van der Waals surface area contributed by atoms with Gasteiger partial charge in [-0.15, -0.1) is 0 Å². The van der Waals surface area contributed by atoms with Crippen LogP contribution in [0.2, 0.25) is 0 Å². The summed E-state index contributed by atoms with van der Waals surface area (Å²) < 4.78 is 5.51. The van der Waals surface area contributed by atoms with E-state index >= 15 is 0 Å². The van der Waals surface area contributed by atoms with E-state index in [0.717, 1.165) is 31.9 Å². The van der Waals surface area contributed by atoms with Gasteiger partial charge in [0.2, 0.25) is 0 Å². The zero-order valence-electron chi connectivity index (χ0n) is 14.1. The lowest BCUT2D eigenvalue weighted by molar-refractivity contribution is -0.384. The zero-order valence-corrected chi connectivity index (χ0v) is 14.1. The van der Waals surface area contributed by atoms with Gasteiger partial charge in [-0.05, 0) is 37.7 Å². The van der Waals surface area contributed by atoms with Crippen LogP contribution >= 0.6 is 0 Å². The van der Waals surface area contributed by atoms with Crippen molar-refractivity contribution < 1.29 is 19.2 Å². The molecule has 1 heterocycles. The molecule has 2 aliphatic rings. The summed E-state index contributed by atoms with van der Waals surface area (Å²) in [7, 11) is 0. The van der Waals surface area contributed by atoms with E-state index in [1.807, 2.05) is 4.90 Å². The lowest BCUT2D eigenvalue weighted by atomic mass is 9.78. The summed E-state index contributed by atoms with van der Waals surface area (Å²) in [5, 5.41) is 10.8. The molecule has 7 nitrogen and oxygen atoms in total. The van der Waals surface area contributed by atoms with Crippen LogP contribution in [0.5, 0.6) is 5.75 Å². The van der Waals surface area contributed by atoms with E-state index < -0.39 is 4.92 Å². The lowest BCUT2D eigenvalue weighted by Crippen LogP contribution is -2.51. The Morgan fingerprint density at radius 2 is 2.04 bits per heavy atom. The van der Waals surface area contributed by atoms with Gasteiger partial charge in [-0.2, -0.15) is 0 Å². The van der Waals surface area contributed by atoms with Crippen molar-refractivity contribution in [3.63, 3.8) is 0 Å². The molecule has 0 bridgehead atoms. The number of carbonyl (C=O) groups is 2. The molecule has 1 saturated carbocycles. The SMILES string of the molecule is O=Cc1cc([N+](=O)[O-])ccc1OCC(=O)N1CCC[C@H]2CCCC[C@@H]21. The number of likely N-dealkylation sites (tertiary alicyclic amines) is 1. The first-order chi connectivity index (χ1) is 12.1. The second kappa shape index (κ2) is 7.63. The van der Waals surface area contributed by atoms with E-state index in [0.29, 0.717) is 18.2 Å². The molecule has 0 spiro atoms. The maximum absolute atomic E-state index is 12.6. The highest BCUT2D eigenvalue weighted by atomic mass is 16.6. The quantitative estimate of drug-likeness (QED) is 0.464. The Morgan fingerprint density at radius 3 is 2.80 bits per heavy atom. The van der Waals surface area contributed by atoms with Gasteiger partial charge < -0.3 is 9.64 Å². The number of non-ortho nitro benzene ring substituents is 1. The van der Waals surface area contributed by atoms with E-state index in [2.05, 4.69) is 0 Å². The third-order valence-corrected chi connectivity index (χ3v) is 5.25. The number of hydrogen-bond donors (Lipinski definition) is 0. The molecular formula is C18H22N2O5. The molecule has 0 unspecified atom stereocenters. The zero-order chi connectivity index (χ0) is 17.8. The average molecular weight is 346 g/mol. The molecule has 0 N–H and O–H groups in total. The van der Waals surface area contributed by atoms with Gasteiger partial charge in [0, 0.05) is 24.7 Å². The highest BCUT2D eigenvalue weighted by molar-refractivity contribution is 5.82. The maximum Gasteiger partial charge on any atom is 0.270 e. The van der Waals surface area contributed by atoms with Crippen molar-refractivity contribution in [2.24, 2.45) is 5.92 Å². The largest absolute Gasteiger partial charge is 0.483 e. The van der Waals surface area contributed by atoms with E-state index in [9.17, 15) is 19.7 Å².